The van der Waals surface area contributed by atoms with Crippen molar-refractivity contribution in [2.45, 2.75) is 64.6 Å². The highest BCUT2D eigenvalue weighted by Crippen LogP contribution is 2.28. The molecule has 0 saturated carbocycles. The first-order valence-corrected chi connectivity index (χ1v) is 10.6. The fourth-order valence-electron chi connectivity index (χ4n) is 2.85. The molecule has 0 radical (unpaired) electrons. The summed E-state index contributed by atoms with van der Waals surface area (Å²) in [5.74, 6) is -0.409. The molecule has 1 heterocycles. The summed E-state index contributed by atoms with van der Waals surface area (Å²) >= 11 is 1.16. The Morgan fingerprint density at radius 1 is 1.25 bits per heavy atom. The summed E-state index contributed by atoms with van der Waals surface area (Å²) in [5, 5.41) is 13.6. The van der Waals surface area contributed by atoms with Crippen LogP contribution in [0.15, 0.2) is 34.2 Å². The van der Waals surface area contributed by atoms with Crippen LogP contribution in [0.1, 0.15) is 63.6 Å². The molecule has 2 atom stereocenters. The Hall–Kier alpha value is -2.28. The van der Waals surface area contributed by atoms with E-state index < -0.39 is 0 Å². The second-order valence-corrected chi connectivity index (χ2v) is 7.97. The van der Waals surface area contributed by atoms with Gasteiger partial charge in [-0.15, -0.1) is 0 Å². The van der Waals surface area contributed by atoms with Crippen molar-refractivity contribution in [3.63, 3.8) is 0 Å². The first-order valence-electron chi connectivity index (χ1n) is 9.63. The molecule has 1 aromatic heterocycles. The van der Waals surface area contributed by atoms with Crippen LogP contribution >= 0.6 is 11.8 Å². The number of para-hydroxylation sites is 1. The number of carbonyl (C=O) groups excluding carboxylic acids is 1. The maximum Gasteiger partial charge on any atom is 0.261 e. The zero-order valence-electron chi connectivity index (χ0n) is 17.2. The Morgan fingerprint density at radius 2 is 1.93 bits per heavy atom. The normalized spacial score (nSPS) is 13.2. The number of aromatic nitrogens is 2. The fourth-order valence-corrected chi connectivity index (χ4v) is 3.74. The van der Waals surface area contributed by atoms with Crippen molar-refractivity contribution in [2.24, 2.45) is 0 Å². The van der Waals surface area contributed by atoms with Crippen LogP contribution in [0, 0.1) is 6.92 Å². The zero-order valence-corrected chi connectivity index (χ0v) is 18.0. The highest BCUT2D eigenvalue weighted by molar-refractivity contribution is 7.99. The van der Waals surface area contributed by atoms with E-state index in [1.807, 2.05) is 58.9 Å². The molecule has 0 aliphatic carbocycles. The van der Waals surface area contributed by atoms with Crippen LogP contribution in [-0.2, 0) is 4.79 Å². The van der Waals surface area contributed by atoms with Gasteiger partial charge in [-0.2, -0.15) is 4.98 Å². The van der Waals surface area contributed by atoms with Crippen LogP contribution in [0.25, 0.3) is 0 Å². The van der Waals surface area contributed by atoms with Gasteiger partial charge >= 0.3 is 0 Å². The monoisotopic (exact) mass is 403 g/mol. The van der Waals surface area contributed by atoms with Crippen LogP contribution in [0.3, 0.4) is 0 Å². The Kier molecular flexibility index (Phi) is 7.69. The minimum Gasteiger partial charge on any atom is -0.493 e. The predicted octanol–water partition coefficient (Wildman–Crippen LogP) is 4.47. The molecule has 0 aliphatic heterocycles. The van der Waals surface area contributed by atoms with Gasteiger partial charge in [0, 0.05) is 11.7 Å². The zero-order chi connectivity index (χ0) is 20.8. The first-order chi connectivity index (χ1) is 13.3. The molecule has 2 rings (SSSR count). The lowest BCUT2D eigenvalue weighted by Crippen LogP contribution is -2.30. The average Bonchev–Trinajstić information content (AvgIpc) is 2.67. The summed E-state index contributed by atoms with van der Waals surface area (Å²) < 4.78 is 1.60. The first kappa shape index (κ1) is 22.0. The van der Waals surface area contributed by atoms with Crippen LogP contribution in [0.4, 0.5) is 5.69 Å². The van der Waals surface area contributed by atoms with Gasteiger partial charge in [-0.3, -0.25) is 14.2 Å². The van der Waals surface area contributed by atoms with Crippen molar-refractivity contribution < 1.29 is 9.90 Å². The number of nitrogens with zero attached hydrogens (tertiary/aromatic N) is 2. The highest BCUT2D eigenvalue weighted by atomic mass is 32.2. The average molecular weight is 404 g/mol. The Morgan fingerprint density at radius 3 is 2.54 bits per heavy atom. The van der Waals surface area contributed by atoms with Gasteiger partial charge in [0.1, 0.15) is 0 Å². The number of carbonyl (C=O) groups is 1. The number of amides is 1. The van der Waals surface area contributed by atoms with Gasteiger partial charge in [-0.1, -0.05) is 50.7 Å². The van der Waals surface area contributed by atoms with Crippen molar-refractivity contribution in [3.8, 4) is 5.88 Å². The number of aryl methyl sites for hydroxylation is 1. The van der Waals surface area contributed by atoms with Crippen molar-refractivity contribution in [1.29, 1.82) is 0 Å². The number of hydrogen-bond donors (Lipinski definition) is 2. The lowest BCUT2D eigenvalue weighted by atomic mass is 10.0. The molecular formula is C21H29N3O3S. The van der Waals surface area contributed by atoms with Crippen LogP contribution in [0.2, 0.25) is 0 Å². The minimum atomic E-state index is -0.235. The van der Waals surface area contributed by atoms with Crippen molar-refractivity contribution in [2.75, 3.05) is 11.1 Å². The van der Waals surface area contributed by atoms with Crippen LogP contribution < -0.4 is 10.9 Å². The van der Waals surface area contributed by atoms with Crippen molar-refractivity contribution in [3.05, 3.63) is 45.7 Å². The lowest BCUT2D eigenvalue weighted by molar-refractivity contribution is -0.113. The molecule has 2 aromatic rings. The predicted molar refractivity (Wildman–Crippen MR) is 114 cm³/mol. The minimum absolute atomic E-state index is 0.0784. The van der Waals surface area contributed by atoms with E-state index in [2.05, 4.69) is 10.3 Å². The SMILES string of the molecule is CC[C@@H](C)c1c(O)nc(SCC(=O)Nc2ccccc2C)n([C@H](C)CC)c1=O. The molecule has 0 unspecified atom stereocenters. The summed E-state index contributed by atoms with van der Waals surface area (Å²) in [7, 11) is 0. The summed E-state index contributed by atoms with van der Waals surface area (Å²) in [6.07, 6.45) is 1.48. The number of benzene rings is 1. The van der Waals surface area contributed by atoms with E-state index in [1.54, 1.807) is 4.57 Å². The maximum atomic E-state index is 13.0. The second-order valence-electron chi connectivity index (χ2n) is 7.03. The number of thioether (sulfide) groups is 1. The van der Waals surface area contributed by atoms with E-state index in [-0.39, 0.29) is 35.1 Å². The Balaban J connectivity index is 2.28. The van der Waals surface area contributed by atoms with E-state index >= 15 is 0 Å². The molecule has 0 fully saturated rings. The summed E-state index contributed by atoms with van der Waals surface area (Å²) in [6.45, 7) is 9.73. The van der Waals surface area contributed by atoms with Gasteiger partial charge in [0.25, 0.3) is 5.56 Å². The van der Waals surface area contributed by atoms with Crippen molar-refractivity contribution in [1.82, 2.24) is 9.55 Å². The molecule has 1 aromatic carbocycles. The Labute approximate surface area is 170 Å². The molecule has 6 nitrogen and oxygen atoms in total. The molecule has 7 heteroatoms. The number of aromatic hydroxyl groups is 1. The molecule has 28 heavy (non-hydrogen) atoms. The van der Waals surface area contributed by atoms with Crippen LogP contribution in [-0.4, -0.2) is 26.3 Å². The Bertz CT molecular complexity index is 895. The van der Waals surface area contributed by atoms with E-state index in [4.69, 9.17) is 0 Å². The quantitative estimate of drug-likeness (QED) is 0.502. The number of nitrogens with one attached hydrogen (secondary N) is 1. The van der Waals surface area contributed by atoms with Gasteiger partial charge < -0.3 is 10.4 Å². The van der Waals surface area contributed by atoms with Gasteiger partial charge in [0.05, 0.1) is 11.3 Å². The van der Waals surface area contributed by atoms with E-state index in [0.29, 0.717) is 10.7 Å². The van der Waals surface area contributed by atoms with Gasteiger partial charge in [-0.05, 0) is 44.2 Å². The molecular weight excluding hydrogens is 374 g/mol. The third kappa shape index (κ3) is 4.95. The summed E-state index contributed by atoms with van der Waals surface area (Å²) in [4.78, 5) is 29.7. The molecule has 0 saturated heterocycles. The van der Waals surface area contributed by atoms with Crippen LogP contribution in [0.5, 0.6) is 5.88 Å². The van der Waals surface area contributed by atoms with E-state index in [0.717, 1.165) is 35.9 Å². The number of hydrogen-bond acceptors (Lipinski definition) is 5. The molecule has 0 spiro atoms. The van der Waals surface area contributed by atoms with Gasteiger partial charge in [0.15, 0.2) is 5.16 Å². The molecule has 0 aliphatic rings. The lowest BCUT2D eigenvalue weighted by Gasteiger charge is -2.20. The van der Waals surface area contributed by atoms with E-state index in [1.165, 1.54) is 0 Å². The summed E-state index contributed by atoms with van der Waals surface area (Å²) in [6, 6.07) is 7.47. The standard InChI is InChI=1S/C21H29N3O3S/c1-6-13(3)18-19(26)23-21(24(20(18)27)15(5)7-2)28-12-17(25)22-16-11-9-8-10-14(16)4/h8-11,13,15,26H,6-7,12H2,1-5H3,(H,22,25)/t13-,15-/m1/s1. The van der Waals surface area contributed by atoms with Gasteiger partial charge in [-0.25, -0.2) is 0 Å². The molecule has 1 amide bonds. The number of rotatable bonds is 8. The largest absolute Gasteiger partial charge is 0.493 e. The number of anilines is 1. The van der Waals surface area contributed by atoms with Gasteiger partial charge in [0.2, 0.25) is 11.8 Å². The molecule has 2 N–H and O–H groups in total. The topological polar surface area (TPSA) is 84.2 Å². The third-order valence-electron chi connectivity index (χ3n) is 4.99. The molecule has 0 bridgehead atoms. The summed E-state index contributed by atoms with van der Waals surface area (Å²) in [5.41, 5.74) is 1.86. The maximum absolute atomic E-state index is 13.0. The molecule has 152 valence electrons. The third-order valence-corrected chi connectivity index (χ3v) is 5.94. The fraction of sp³-hybridized carbons (Fsp3) is 0.476. The van der Waals surface area contributed by atoms with Crippen molar-refractivity contribution >= 4 is 23.4 Å². The smallest absolute Gasteiger partial charge is 0.261 e. The highest BCUT2D eigenvalue weighted by Gasteiger charge is 2.23. The second kappa shape index (κ2) is 9.78. The van der Waals surface area contributed by atoms with E-state index in [9.17, 15) is 14.7 Å².